The Balaban J connectivity index is 1.73. The fraction of sp³-hybridized carbons (Fsp3) is 0.613. The third-order valence-electron chi connectivity index (χ3n) is 8.27. The summed E-state index contributed by atoms with van der Waals surface area (Å²) in [5, 5.41) is 3.59. The minimum atomic E-state index is 0.0622. The van der Waals surface area contributed by atoms with Gasteiger partial charge in [-0.3, -0.25) is 9.98 Å². The molecular formula is C31H46N4. The molecule has 3 aliphatic rings. The molecule has 4 rings (SSSR count). The predicted octanol–water partition coefficient (Wildman–Crippen LogP) is 7.17. The summed E-state index contributed by atoms with van der Waals surface area (Å²) in [6, 6.07) is 5.09. The highest BCUT2D eigenvalue weighted by atomic mass is 15.2. The van der Waals surface area contributed by atoms with E-state index in [1.54, 1.807) is 11.1 Å². The molecule has 0 radical (unpaired) electrons. The minimum absolute atomic E-state index is 0.0622. The van der Waals surface area contributed by atoms with Gasteiger partial charge in [-0.05, 0) is 102 Å². The number of pyridine rings is 1. The zero-order valence-electron chi connectivity index (χ0n) is 22.4. The maximum Gasteiger partial charge on any atom is 0.133 e. The predicted molar refractivity (Wildman–Crippen MR) is 150 cm³/mol. The lowest BCUT2D eigenvalue weighted by Gasteiger charge is -2.37. The van der Waals surface area contributed by atoms with Gasteiger partial charge in [0.1, 0.15) is 5.84 Å². The van der Waals surface area contributed by atoms with Crippen LogP contribution in [-0.4, -0.2) is 41.4 Å². The van der Waals surface area contributed by atoms with Gasteiger partial charge < -0.3 is 10.2 Å². The Hall–Kier alpha value is -2.36. The van der Waals surface area contributed by atoms with E-state index < -0.39 is 0 Å². The minimum Gasteiger partial charge on any atom is -0.388 e. The first-order valence-corrected chi connectivity index (χ1v) is 14.1. The van der Waals surface area contributed by atoms with E-state index in [2.05, 4.69) is 68.1 Å². The van der Waals surface area contributed by atoms with Crippen molar-refractivity contribution < 1.29 is 0 Å². The Morgan fingerprint density at radius 2 is 1.97 bits per heavy atom. The third-order valence-corrected chi connectivity index (χ3v) is 8.27. The van der Waals surface area contributed by atoms with Gasteiger partial charge in [-0.1, -0.05) is 31.1 Å². The normalized spacial score (nSPS) is 27.1. The van der Waals surface area contributed by atoms with Gasteiger partial charge in [0.2, 0.25) is 0 Å². The number of fused-ring (bicyclic) bond motifs is 1. The molecule has 2 aliphatic heterocycles. The SMILES string of the molecule is C=CCC1=C(CC)CCC(C)(c2ccc3c(n2)/C=C/NC(C)CCCCN=C3N2CCCCC2)C1. The van der Waals surface area contributed by atoms with Gasteiger partial charge in [0.05, 0.1) is 5.69 Å². The molecule has 0 amide bonds. The van der Waals surface area contributed by atoms with Gasteiger partial charge in [0, 0.05) is 42.3 Å². The lowest BCUT2D eigenvalue weighted by atomic mass is 9.69. The molecule has 1 N–H and O–H groups in total. The molecular weight excluding hydrogens is 428 g/mol. The van der Waals surface area contributed by atoms with Crippen LogP contribution in [0.25, 0.3) is 6.08 Å². The first kappa shape index (κ1) is 25.7. The molecule has 35 heavy (non-hydrogen) atoms. The van der Waals surface area contributed by atoms with E-state index in [1.165, 1.54) is 49.8 Å². The molecule has 0 aromatic carbocycles. The molecule has 1 aromatic rings. The standard InChI is InChI=1S/C31H46N4/c1-5-12-26-23-31(4,18-16-25(26)6-2)29-15-14-27-28(34-29)17-20-32-24(3)13-8-9-19-33-30(27)35-21-10-7-11-22-35/h5,14-15,17,20,24,32H,1,6-13,16,18-19,21-23H2,2-4H3/b20-17+,33-30?. The Morgan fingerprint density at radius 1 is 1.14 bits per heavy atom. The van der Waals surface area contributed by atoms with Crippen LogP contribution in [0.4, 0.5) is 0 Å². The average Bonchev–Trinajstić information content (AvgIpc) is 2.86. The summed E-state index contributed by atoms with van der Waals surface area (Å²) >= 11 is 0. The number of nitrogens with zero attached hydrogens (tertiary/aromatic N) is 3. The number of nitrogens with one attached hydrogen (secondary N) is 1. The highest BCUT2D eigenvalue weighted by molar-refractivity contribution is 6.01. The van der Waals surface area contributed by atoms with E-state index in [4.69, 9.17) is 9.98 Å². The zero-order valence-corrected chi connectivity index (χ0v) is 22.4. The first-order chi connectivity index (χ1) is 17.0. The topological polar surface area (TPSA) is 40.5 Å². The zero-order chi connectivity index (χ0) is 24.7. The summed E-state index contributed by atoms with van der Waals surface area (Å²) < 4.78 is 0. The van der Waals surface area contributed by atoms with Crippen molar-refractivity contribution in [3.05, 3.63) is 59.1 Å². The van der Waals surface area contributed by atoms with Crippen LogP contribution in [0.15, 0.2) is 47.1 Å². The van der Waals surface area contributed by atoms with Crippen LogP contribution in [0, 0.1) is 0 Å². The van der Waals surface area contributed by atoms with Gasteiger partial charge in [-0.15, -0.1) is 6.58 Å². The van der Waals surface area contributed by atoms with Crippen molar-refractivity contribution in [2.24, 2.45) is 4.99 Å². The van der Waals surface area contributed by atoms with Crippen LogP contribution >= 0.6 is 0 Å². The van der Waals surface area contributed by atoms with Crippen LogP contribution in [0.5, 0.6) is 0 Å². The number of hydrogen-bond acceptors (Lipinski definition) is 4. The monoisotopic (exact) mass is 474 g/mol. The molecule has 3 heterocycles. The van der Waals surface area contributed by atoms with E-state index in [0.29, 0.717) is 6.04 Å². The molecule has 2 atom stereocenters. The van der Waals surface area contributed by atoms with Gasteiger partial charge in [-0.2, -0.15) is 0 Å². The maximum atomic E-state index is 5.37. The summed E-state index contributed by atoms with van der Waals surface area (Å²) in [5.41, 5.74) is 6.74. The van der Waals surface area contributed by atoms with Crippen molar-refractivity contribution in [2.75, 3.05) is 19.6 Å². The molecule has 4 nitrogen and oxygen atoms in total. The molecule has 4 heteroatoms. The Labute approximate surface area is 213 Å². The molecule has 1 aliphatic carbocycles. The summed E-state index contributed by atoms with van der Waals surface area (Å²) in [5.74, 6) is 1.16. The fourth-order valence-electron chi connectivity index (χ4n) is 6.03. The number of allylic oxidation sites excluding steroid dienone is 3. The van der Waals surface area contributed by atoms with E-state index in [0.717, 1.165) is 63.3 Å². The molecule has 0 spiro atoms. The second-order valence-electron chi connectivity index (χ2n) is 11.1. The van der Waals surface area contributed by atoms with Crippen LogP contribution in [0.1, 0.15) is 108 Å². The highest BCUT2D eigenvalue weighted by Gasteiger charge is 2.34. The Kier molecular flexibility index (Phi) is 8.86. The quantitative estimate of drug-likeness (QED) is 0.470. The van der Waals surface area contributed by atoms with Crippen molar-refractivity contribution in [1.29, 1.82) is 0 Å². The van der Waals surface area contributed by atoms with E-state index in [9.17, 15) is 0 Å². The molecule has 190 valence electrons. The summed E-state index contributed by atoms with van der Waals surface area (Å²) in [4.78, 5) is 13.1. The van der Waals surface area contributed by atoms with Crippen LogP contribution in [0.2, 0.25) is 0 Å². The number of aliphatic imine (C=N–C) groups is 1. The van der Waals surface area contributed by atoms with Gasteiger partial charge in [0.15, 0.2) is 0 Å². The van der Waals surface area contributed by atoms with E-state index in [-0.39, 0.29) is 5.41 Å². The lowest BCUT2D eigenvalue weighted by molar-refractivity contribution is 0.341. The van der Waals surface area contributed by atoms with E-state index in [1.807, 2.05) is 0 Å². The number of rotatable bonds is 4. The molecule has 1 aromatic heterocycles. The summed E-state index contributed by atoms with van der Waals surface area (Å²) in [6.07, 6.45) is 19.3. The Bertz CT molecular complexity index is 966. The molecule has 1 saturated heterocycles. The van der Waals surface area contributed by atoms with Gasteiger partial charge >= 0.3 is 0 Å². The number of piperidine rings is 1. The van der Waals surface area contributed by atoms with Crippen molar-refractivity contribution in [3.63, 3.8) is 0 Å². The van der Waals surface area contributed by atoms with Crippen LogP contribution in [0.3, 0.4) is 0 Å². The van der Waals surface area contributed by atoms with Gasteiger partial charge in [0.25, 0.3) is 0 Å². The number of likely N-dealkylation sites (tertiary alicyclic amines) is 1. The number of aromatic nitrogens is 1. The number of amidine groups is 1. The molecule has 0 bridgehead atoms. The second kappa shape index (κ2) is 12.1. The second-order valence-corrected chi connectivity index (χ2v) is 11.1. The van der Waals surface area contributed by atoms with Crippen molar-refractivity contribution in [1.82, 2.24) is 15.2 Å². The van der Waals surface area contributed by atoms with E-state index >= 15 is 0 Å². The molecule has 0 saturated carbocycles. The number of hydrogen-bond donors (Lipinski definition) is 1. The summed E-state index contributed by atoms with van der Waals surface area (Å²) in [6.45, 7) is 14.1. The first-order valence-electron chi connectivity index (χ1n) is 14.1. The van der Waals surface area contributed by atoms with Crippen LogP contribution in [-0.2, 0) is 5.41 Å². The third kappa shape index (κ3) is 6.26. The van der Waals surface area contributed by atoms with Crippen molar-refractivity contribution >= 4 is 11.9 Å². The van der Waals surface area contributed by atoms with Crippen LogP contribution < -0.4 is 5.32 Å². The highest BCUT2D eigenvalue weighted by Crippen LogP contribution is 2.43. The summed E-state index contributed by atoms with van der Waals surface area (Å²) in [7, 11) is 0. The largest absolute Gasteiger partial charge is 0.388 e. The average molecular weight is 475 g/mol. The van der Waals surface area contributed by atoms with Gasteiger partial charge in [-0.25, -0.2) is 0 Å². The Morgan fingerprint density at radius 3 is 2.74 bits per heavy atom. The smallest absolute Gasteiger partial charge is 0.133 e. The van der Waals surface area contributed by atoms with Crippen molar-refractivity contribution in [3.8, 4) is 0 Å². The molecule has 2 unspecified atom stereocenters. The van der Waals surface area contributed by atoms with Crippen molar-refractivity contribution in [2.45, 2.75) is 103 Å². The maximum absolute atomic E-state index is 5.37. The molecule has 1 fully saturated rings. The fourth-order valence-corrected chi connectivity index (χ4v) is 6.03. The lowest BCUT2D eigenvalue weighted by Crippen LogP contribution is -2.37.